The molecule has 0 atom stereocenters. The van der Waals surface area contributed by atoms with Crippen LogP contribution in [0, 0.1) is 5.92 Å². The van der Waals surface area contributed by atoms with Crippen LogP contribution in [0.4, 0.5) is 0 Å². The Hall–Kier alpha value is -2.14. The Morgan fingerprint density at radius 1 is 1.23 bits per heavy atom. The van der Waals surface area contributed by atoms with Crippen LogP contribution in [-0.2, 0) is 20.9 Å². The number of rotatable bonds is 6. The van der Waals surface area contributed by atoms with Crippen LogP contribution in [0.5, 0.6) is 0 Å². The highest BCUT2D eigenvalue weighted by atomic mass is 16.5. The van der Waals surface area contributed by atoms with E-state index < -0.39 is 11.9 Å². The summed E-state index contributed by atoms with van der Waals surface area (Å²) in [5, 5.41) is 12.1. The number of ether oxygens (including phenoxy) is 1. The number of carboxylic acid groups (broad SMARTS) is 1. The molecular formula is C17H21NO4. The molecule has 1 aromatic carbocycles. The van der Waals surface area contributed by atoms with Crippen molar-refractivity contribution in [3.63, 3.8) is 0 Å². The minimum atomic E-state index is -0.942. The number of hydrogen-bond acceptors (Lipinski definition) is 4. The second-order valence-corrected chi connectivity index (χ2v) is 5.34. The largest absolute Gasteiger partial charge is 0.481 e. The quantitative estimate of drug-likeness (QED) is 0.622. The average molecular weight is 303 g/mol. The van der Waals surface area contributed by atoms with Gasteiger partial charge < -0.3 is 15.2 Å². The molecule has 1 saturated heterocycles. The van der Waals surface area contributed by atoms with Crippen molar-refractivity contribution < 1.29 is 19.4 Å². The van der Waals surface area contributed by atoms with E-state index in [0.29, 0.717) is 5.57 Å². The molecule has 22 heavy (non-hydrogen) atoms. The summed E-state index contributed by atoms with van der Waals surface area (Å²) in [6.07, 6.45) is 3.00. The van der Waals surface area contributed by atoms with E-state index in [9.17, 15) is 9.59 Å². The molecule has 0 unspecified atom stereocenters. The van der Waals surface area contributed by atoms with Crippen molar-refractivity contribution in [2.24, 2.45) is 5.92 Å². The molecule has 0 amide bonds. The van der Waals surface area contributed by atoms with Gasteiger partial charge in [0.25, 0.3) is 0 Å². The lowest BCUT2D eigenvalue weighted by Crippen LogP contribution is -2.31. The Kier molecular flexibility index (Phi) is 6.15. The molecule has 1 aliphatic rings. The molecule has 5 heteroatoms. The molecule has 1 fully saturated rings. The van der Waals surface area contributed by atoms with Crippen molar-refractivity contribution in [3.05, 3.63) is 47.5 Å². The third kappa shape index (κ3) is 5.00. The molecule has 0 spiro atoms. The lowest BCUT2D eigenvalue weighted by molar-refractivity contribution is -0.141. The van der Waals surface area contributed by atoms with Gasteiger partial charge in [0.05, 0.1) is 6.42 Å². The molecular weight excluding hydrogens is 282 g/mol. The van der Waals surface area contributed by atoms with Crippen LogP contribution in [0.1, 0.15) is 24.8 Å². The Morgan fingerprint density at radius 3 is 2.55 bits per heavy atom. The normalized spacial score (nSPS) is 16.3. The van der Waals surface area contributed by atoms with Gasteiger partial charge in [-0.05, 0) is 37.4 Å². The number of hydrogen-bond donors (Lipinski definition) is 2. The summed E-state index contributed by atoms with van der Waals surface area (Å²) in [6.45, 7) is 1.87. The predicted molar refractivity (Wildman–Crippen MR) is 82.2 cm³/mol. The van der Waals surface area contributed by atoms with E-state index in [4.69, 9.17) is 9.84 Å². The van der Waals surface area contributed by atoms with Crippen molar-refractivity contribution in [2.75, 3.05) is 13.1 Å². The third-order valence-corrected chi connectivity index (χ3v) is 3.72. The van der Waals surface area contributed by atoms with Crippen LogP contribution < -0.4 is 5.32 Å². The van der Waals surface area contributed by atoms with Gasteiger partial charge >= 0.3 is 11.9 Å². The predicted octanol–water partition coefficient (Wildman–Crippen LogP) is 2.13. The smallest absolute Gasteiger partial charge is 0.334 e. The topological polar surface area (TPSA) is 75.6 Å². The highest BCUT2D eigenvalue weighted by Crippen LogP contribution is 2.23. The highest BCUT2D eigenvalue weighted by molar-refractivity contribution is 5.89. The Morgan fingerprint density at radius 2 is 1.91 bits per heavy atom. The molecule has 0 aliphatic carbocycles. The minimum Gasteiger partial charge on any atom is -0.481 e. The summed E-state index contributed by atoms with van der Waals surface area (Å²) < 4.78 is 5.36. The van der Waals surface area contributed by atoms with Crippen LogP contribution in [0.2, 0.25) is 0 Å². The molecule has 2 N–H and O–H groups in total. The maximum Gasteiger partial charge on any atom is 0.334 e. The van der Waals surface area contributed by atoms with Crippen LogP contribution in [0.3, 0.4) is 0 Å². The summed E-state index contributed by atoms with van der Waals surface area (Å²) in [5.74, 6) is -1.27. The van der Waals surface area contributed by atoms with E-state index in [1.165, 1.54) is 6.08 Å². The Balaban J connectivity index is 2.01. The third-order valence-electron chi connectivity index (χ3n) is 3.72. The first-order valence-electron chi connectivity index (χ1n) is 7.50. The summed E-state index contributed by atoms with van der Waals surface area (Å²) in [5.41, 5.74) is 1.42. The molecule has 1 heterocycles. The van der Waals surface area contributed by atoms with E-state index in [2.05, 4.69) is 5.32 Å². The number of carbonyl (C=O) groups is 2. The fraction of sp³-hybridized carbons (Fsp3) is 0.412. The maximum absolute atomic E-state index is 12.3. The fourth-order valence-electron chi connectivity index (χ4n) is 2.55. The first kappa shape index (κ1) is 16.2. The first-order chi connectivity index (χ1) is 10.7. The summed E-state index contributed by atoms with van der Waals surface area (Å²) in [4.78, 5) is 23.1. The molecule has 0 aromatic heterocycles. The van der Waals surface area contributed by atoms with E-state index in [0.717, 1.165) is 31.5 Å². The average Bonchev–Trinajstić information content (AvgIpc) is 2.55. The molecule has 0 radical (unpaired) electrons. The number of carbonyl (C=O) groups excluding carboxylic acids is 1. The fourth-order valence-corrected chi connectivity index (χ4v) is 2.55. The van der Waals surface area contributed by atoms with Crippen molar-refractivity contribution in [2.45, 2.75) is 25.9 Å². The van der Waals surface area contributed by atoms with Gasteiger partial charge in [0, 0.05) is 5.57 Å². The molecule has 1 aliphatic heterocycles. The summed E-state index contributed by atoms with van der Waals surface area (Å²) in [7, 11) is 0. The van der Waals surface area contributed by atoms with E-state index in [-0.39, 0.29) is 18.9 Å². The van der Waals surface area contributed by atoms with Crippen LogP contribution in [0.25, 0.3) is 0 Å². The highest BCUT2D eigenvalue weighted by Gasteiger charge is 2.24. The Bertz CT molecular complexity index is 533. The number of esters is 1. The number of benzene rings is 1. The summed E-state index contributed by atoms with van der Waals surface area (Å²) in [6, 6.07) is 9.45. The second kappa shape index (κ2) is 8.34. The number of nitrogens with one attached hydrogen (secondary N) is 1. The van der Waals surface area contributed by atoms with Gasteiger partial charge in [-0.1, -0.05) is 36.4 Å². The van der Waals surface area contributed by atoms with E-state index in [1.54, 1.807) is 0 Å². The molecule has 118 valence electrons. The first-order valence-corrected chi connectivity index (χ1v) is 7.50. The van der Waals surface area contributed by atoms with Gasteiger partial charge in [0.1, 0.15) is 6.61 Å². The monoisotopic (exact) mass is 303 g/mol. The van der Waals surface area contributed by atoms with Gasteiger partial charge in [0.2, 0.25) is 0 Å². The van der Waals surface area contributed by atoms with Crippen LogP contribution in [0.15, 0.2) is 42.0 Å². The Labute approximate surface area is 130 Å². The van der Waals surface area contributed by atoms with Crippen molar-refractivity contribution in [1.82, 2.24) is 5.32 Å². The zero-order valence-corrected chi connectivity index (χ0v) is 12.5. The minimum absolute atomic E-state index is 0.0730. The van der Waals surface area contributed by atoms with Gasteiger partial charge in [-0.2, -0.15) is 0 Å². The van der Waals surface area contributed by atoms with Crippen LogP contribution in [-0.4, -0.2) is 30.1 Å². The molecule has 5 nitrogen and oxygen atoms in total. The van der Waals surface area contributed by atoms with E-state index >= 15 is 0 Å². The van der Waals surface area contributed by atoms with Crippen molar-refractivity contribution in [3.8, 4) is 0 Å². The zero-order chi connectivity index (χ0) is 15.8. The number of carboxylic acids is 1. The van der Waals surface area contributed by atoms with Gasteiger partial charge in [-0.15, -0.1) is 0 Å². The second-order valence-electron chi connectivity index (χ2n) is 5.34. The van der Waals surface area contributed by atoms with Crippen molar-refractivity contribution in [1.29, 1.82) is 0 Å². The van der Waals surface area contributed by atoms with Crippen LogP contribution >= 0.6 is 0 Å². The molecule has 0 bridgehead atoms. The summed E-state index contributed by atoms with van der Waals surface area (Å²) >= 11 is 0. The lowest BCUT2D eigenvalue weighted by atomic mass is 9.89. The molecule has 2 rings (SSSR count). The van der Waals surface area contributed by atoms with E-state index in [1.807, 2.05) is 30.3 Å². The van der Waals surface area contributed by atoms with Gasteiger partial charge in [-0.25, -0.2) is 4.79 Å². The van der Waals surface area contributed by atoms with Crippen molar-refractivity contribution >= 4 is 11.9 Å². The number of piperidine rings is 1. The lowest BCUT2D eigenvalue weighted by Gasteiger charge is -2.24. The maximum atomic E-state index is 12.3. The van der Waals surface area contributed by atoms with Gasteiger partial charge in [0.15, 0.2) is 0 Å². The SMILES string of the molecule is O=C(O)CC=C(C(=O)OCc1ccccc1)C1CCNCC1. The zero-order valence-electron chi connectivity index (χ0n) is 12.5. The standard InChI is InChI=1S/C17H21NO4/c19-16(20)7-6-15(14-8-10-18-11-9-14)17(21)22-12-13-4-2-1-3-5-13/h1-6,14,18H,7-12H2,(H,19,20). The van der Waals surface area contributed by atoms with Gasteiger partial charge in [-0.3, -0.25) is 4.79 Å². The molecule has 1 aromatic rings. The molecule has 0 saturated carbocycles. The number of aliphatic carboxylic acids is 1.